The van der Waals surface area contributed by atoms with Gasteiger partial charge < -0.3 is 15.1 Å². The highest BCUT2D eigenvalue weighted by Crippen LogP contribution is 2.17. The fraction of sp³-hybridized carbons (Fsp3) is 0.412. The normalized spacial score (nSPS) is 11.1. The highest BCUT2D eigenvalue weighted by atomic mass is 16.4. The number of aryl methyl sites for hydroxylation is 1. The van der Waals surface area contributed by atoms with Crippen molar-refractivity contribution in [1.29, 1.82) is 0 Å². The van der Waals surface area contributed by atoms with Gasteiger partial charge in [0.1, 0.15) is 0 Å². The first-order chi connectivity index (χ1) is 11.4. The van der Waals surface area contributed by atoms with Crippen LogP contribution in [0.3, 0.4) is 0 Å². The number of aromatic nitrogens is 2. The van der Waals surface area contributed by atoms with Crippen LogP contribution in [0.15, 0.2) is 34.7 Å². The molecular formula is C17H22N4O3. The molecule has 0 unspecified atom stereocenters. The second-order valence-corrected chi connectivity index (χ2v) is 6.11. The molecule has 1 aromatic carbocycles. The summed E-state index contributed by atoms with van der Waals surface area (Å²) in [6.07, 6.45) is 0.576. The number of carbonyl (C=O) groups excluding carboxylic acids is 2. The lowest BCUT2D eigenvalue weighted by Crippen LogP contribution is -2.43. The fourth-order valence-corrected chi connectivity index (χ4v) is 2.10. The Kier molecular flexibility index (Phi) is 5.68. The Morgan fingerprint density at radius 3 is 2.54 bits per heavy atom. The molecule has 0 bridgehead atoms. The Labute approximate surface area is 140 Å². The molecule has 0 saturated heterocycles. The second kappa shape index (κ2) is 7.72. The lowest BCUT2D eigenvalue weighted by Gasteiger charge is -2.22. The van der Waals surface area contributed by atoms with Gasteiger partial charge in [0.15, 0.2) is 0 Å². The van der Waals surface area contributed by atoms with Crippen LogP contribution < -0.4 is 10.6 Å². The van der Waals surface area contributed by atoms with Gasteiger partial charge in [0.25, 0.3) is 0 Å². The first-order valence-electron chi connectivity index (χ1n) is 7.79. The molecule has 2 rings (SSSR count). The van der Waals surface area contributed by atoms with Crippen molar-refractivity contribution in [2.75, 3.05) is 13.6 Å². The van der Waals surface area contributed by atoms with E-state index in [1.54, 1.807) is 20.9 Å². The highest BCUT2D eigenvalue weighted by molar-refractivity contribution is 5.83. The Balaban J connectivity index is 1.82. The molecule has 0 spiro atoms. The van der Waals surface area contributed by atoms with Crippen molar-refractivity contribution in [2.45, 2.75) is 26.7 Å². The number of amides is 2. The third-order valence-electron chi connectivity index (χ3n) is 3.62. The molecule has 128 valence electrons. The Morgan fingerprint density at radius 2 is 1.88 bits per heavy atom. The van der Waals surface area contributed by atoms with E-state index in [2.05, 4.69) is 20.8 Å². The average molecular weight is 330 g/mol. The van der Waals surface area contributed by atoms with Crippen LogP contribution in [0.5, 0.6) is 0 Å². The number of rotatable bonds is 7. The summed E-state index contributed by atoms with van der Waals surface area (Å²) in [4.78, 5) is 23.6. The summed E-state index contributed by atoms with van der Waals surface area (Å²) in [6.45, 7) is 3.82. The zero-order valence-corrected chi connectivity index (χ0v) is 14.1. The third-order valence-corrected chi connectivity index (χ3v) is 3.62. The van der Waals surface area contributed by atoms with Crippen LogP contribution in [0, 0.1) is 5.41 Å². The van der Waals surface area contributed by atoms with Gasteiger partial charge in [-0.25, -0.2) is 0 Å². The van der Waals surface area contributed by atoms with Crippen molar-refractivity contribution in [3.05, 3.63) is 36.2 Å². The van der Waals surface area contributed by atoms with Crippen LogP contribution in [0.25, 0.3) is 11.5 Å². The lowest BCUT2D eigenvalue weighted by molar-refractivity contribution is -0.129. The van der Waals surface area contributed by atoms with Gasteiger partial charge in [-0.05, 0) is 26.0 Å². The number of nitrogens with zero attached hydrogens (tertiary/aromatic N) is 2. The largest absolute Gasteiger partial charge is 0.421 e. The van der Waals surface area contributed by atoms with Crippen molar-refractivity contribution in [2.24, 2.45) is 5.41 Å². The summed E-state index contributed by atoms with van der Waals surface area (Å²) in [5.74, 6) is 0.569. The topological polar surface area (TPSA) is 97.1 Å². The van der Waals surface area contributed by atoms with Gasteiger partial charge in [0.05, 0.1) is 5.41 Å². The first-order valence-corrected chi connectivity index (χ1v) is 7.79. The van der Waals surface area contributed by atoms with E-state index in [0.717, 1.165) is 5.56 Å². The van der Waals surface area contributed by atoms with Gasteiger partial charge >= 0.3 is 0 Å². The van der Waals surface area contributed by atoms with Crippen LogP contribution in [0.1, 0.15) is 26.2 Å². The van der Waals surface area contributed by atoms with Crippen LogP contribution in [0.2, 0.25) is 0 Å². The maximum absolute atomic E-state index is 11.9. The van der Waals surface area contributed by atoms with E-state index in [1.807, 2.05) is 30.3 Å². The summed E-state index contributed by atoms with van der Waals surface area (Å²) in [7, 11) is 1.58. The summed E-state index contributed by atoms with van der Waals surface area (Å²) >= 11 is 0. The minimum absolute atomic E-state index is 0.118. The molecule has 0 atom stereocenters. The SMILES string of the molecule is CNC(=O)C(C)(C)CNC(=O)CCc1nnc(-c2ccccc2)o1. The number of hydrogen-bond acceptors (Lipinski definition) is 5. The highest BCUT2D eigenvalue weighted by Gasteiger charge is 2.27. The number of benzene rings is 1. The van der Waals surface area contributed by atoms with Crippen molar-refractivity contribution >= 4 is 11.8 Å². The number of carbonyl (C=O) groups is 2. The van der Waals surface area contributed by atoms with Gasteiger partial charge in [0.2, 0.25) is 23.6 Å². The van der Waals surface area contributed by atoms with E-state index in [9.17, 15) is 9.59 Å². The molecule has 0 radical (unpaired) electrons. The average Bonchev–Trinajstić information content (AvgIpc) is 3.07. The van der Waals surface area contributed by atoms with E-state index in [1.165, 1.54) is 0 Å². The molecule has 2 aromatic rings. The molecule has 0 aliphatic rings. The summed E-state index contributed by atoms with van der Waals surface area (Å²) in [6, 6.07) is 9.45. The first kappa shape index (κ1) is 17.7. The van der Waals surface area contributed by atoms with Crippen molar-refractivity contribution in [3.63, 3.8) is 0 Å². The zero-order chi connectivity index (χ0) is 17.6. The Hall–Kier alpha value is -2.70. The minimum Gasteiger partial charge on any atom is -0.421 e. The van der Waals surface area contributed by atoms with Crippen LogP contribution in [-0.2, 0) is 16.0 Å². The molecule has 7 heteroatoms. The molecular weight excluding hydrogens is 308 g/mol. The Morgan fingerprint density at radius 1 is 1.17 bits per heavy atom. The van der Waals surface area contributed by atoms with Crippen LogP contribution in [-0.4, -0.2) is 35.6 Å². The van der Waals surface area contributed by atoms with Crippen LogP contribution >= 0.6 is 0 Å². The summed E-state index contributed by atoms with van der Waals surface area (Å²) in [5.41, 5.74) is 0.183. The van der Waals surface area contributed by atoms with E-state index >= 15 is 0 Å². The number of nitrogens with one attached hydrogen (secondary N) is 2. The fourth-order valence-electron chi connectivity index (χ4n) is 2.10. The molecule has 7 nitrogen and oxygen atoms in total. The van der Waals surface area contributed by atoms with Crippen molar-refractivity contribution in [1.82, 2.24) is 20.8 Å². The van der Waals surface area contributed by atoms with Gasteiger partial charge in [-0.15, -0.1) is 10.2 Å². The molecule has 0 aliphatic heterocycles. The molecule has 2 amide bonds. The summed E-state index contributed by atoms with van der Waals surface area (Å²) < 4.78 is 5.55. The smallest absolute Gasteiger partial charge is 0.247 e. The van der Waals surface area contributed by atoms with Gasteiger partial charge in [-0.1, -0.05) is 18.2 Å². The van der Waals surface area contributed by atoms with E-state index in [0.29, 0.717) is 18.2 Å². The predicted octanol–water partition coefficient (Wildman–Crippen LogP) is 1.56. The quantitative estimate of drug-likeness (QED) is 0.803. The van der Waals surface area contributed by atoms with E-state index in [4.69, 9.17) is 4.42 Å². The molecule has 1 heterocycles. The maximum Gasteiger partial charge on any atom is 0.247 e. The predicted molar refractivity (Wildman–Crippen MR) is 88.9 cm³/mol. The zero-order valence-electron chi connectivity index (χ0n) is 14.1. The minimum atomic E-state index is -0.657. The molecule has 24 heavy (non-hydrogen) atoms. The van der Waals surface area contributed by atoms with Crippen molar-refractivity contribution in [3.8, 4) is 11.5 Å². The van der Waals surface area contributed by atoms with Gasteiger partial charge in [-0.3, -0.25) is 9.59 Å². The van der Waals surface area contributed by atoms with E-state index < -0.39 is 5.41 Å². The summed E-state index contributed by atoms with van der Waals surface area (Å²) in [5, 5.41) is 13.3. The molecule has 0 fully saturated rings. The lowest BCUT2D eigenvalue weighted by atomic mass is 9.92. The van der Waals surface area contributed by atoms with Gasteiger partial charge in [-0.2, -0.15) is 0 Å². The maximum atomic E-state index is 11.9. The number of hydrogen-bond donors (Lipinski definition) is 2. The van der Waals surface area contributed by atoms with Crippen molar-refractivity contribution < 1.29 is 14.0 Å². The molecule has 0 saturated carbocycles. The second-order valence-electron chi connectivity index (χ2n) is 6.11. The van der Waals surface area contributed by atoms with Crippen LogP contribution in [0.4, 0.5) is 0 Å². The Bertz CT molecular complexity index is 695. The standard InChI is InChI=1S/C17H22N4O3/c1-17(2,16(23)18-3)11-19-13(22)9-10-14-20-21-15(24-14)12-7-5-4-6-8-12/h4-8H,9-11H2,1-3H3,(H,18,23)(H,19,22). The third kappa shape index (κ3) is 4.65. The molecule has 2 N–H and O–H groups in total. The monoisotopic (exact) mass is 330 g/mol. The molecule has 0 aliphatic carbocycles. The van der Waals surface area contributed by atoms with E-state index in [-0.39, 0.29) is 24.8 Å². The molecule has 1 aromatic heterocycles. The van der Waals surface area contributed by atoms with Gasteiger partial charge in [0, 0.05) is 32.0 Å².